The maximum absolute atomic E-state index is 13.0. The Balaban J connectivity index is 1.80. The van der Waals surface area contributed by atoms with Crippen molar-refractivity contribution < 1.29 is 13.2 Å². The second-order valence-corrected chi connectivity index (χ2v) is 9.57. The molecule has 2 aromatic rings. The van der Waals surface area contributed by atoms with Gasteiger partial charge in [-0.1, -0.05) is 18.6 Å². The molecule has 7 heteroatoms. The summed E-state index contributed by atoms with van der Waals surface area (Å²) in [5.41, 5.74) is 0.360. The lowest BCUT2D eigenvalue weighted by Crippen LogP contribution is -2.42. The average Bonchev–Trinajstić information content (AvgIpc) is 3.17. The van der Waals surface area contributed by atoms with Crippen LogP contribution in [0, 0.1) is 0 Å². The summed E-state index contributed by atoms with van der Waals surface area (Å²) in [5.74, 6) is -0.269. The van der Waals surface area contributed by atoms with E-state index >= 15 is 0 Å². The zero-order chi connectivity index (χ0) is 18.7. The Morgan fingerprint density at radius 1 is 1.27 bits per heavy atom. The van der Waals surface area contributed by atoms with Gasteiger partial charge in [0.15, 0.2) is 0 Å². The molecule has 1 aromatic heterocycles. The number of nitrogens with zero attached hydrogens (tertiary/aromatic N) is 1. The summed E-state index contributed by atoms with van der Waals surface area (Å²) in [7, 11) is -3.58. The zero-order valence-corrected chi connectivity index (χ0v) is 16.6. The highest BCUT2D eigenvalue weighted by Crippen LogP contribution is 2.26. The normalized spacial score (nSPS) is 19.8. The number of thiophene rings is 1. The van der Waals surface area contributed by atoms with Crippen LogP contribution in [0.5, 0.6) is 0 Å². The van der Waals surface area contributed by atoms with Crippen LogP contribution in [0.25, 0.3) is 0 Å². The Labute approximate surface area is 159 Å². The first-order valence-electron chi connectivity index (χ1n) is 8.86. The highest BCUT2D eigenvalue weighted by Gasteiger charge is 2.31. The van der Waals surface area contributed by atoms with Crippen LogP contribution in [0.2, 0.25) is 0 Å². The lowest BCUT2D eigenvalue weighted by atomic mass is 10.1. The second kappa shape index (κ2) is 7.90. The van der Waals surface area contributed by atoms with Crippen molar-refractivity contribution >= 4 is 27.3 Å². The minimum atomic E-state index is -3.58. The Hall–Kier alpha value is -1.70. The quantitative estimate of drug-likeness (QED) is 0.842. The highest BCUT2D eigenvalue weighted by molar-refractivity contribution is 7.89. The molecule has 1 amide bonds. The number of amides is 1. The Bertz CT molecular complexity index is 863. The molecule has 0 bridgehead atoms. The van der Waals surface area contributed by atoms with Crippen molar-refractivity contribution in [2.45, 2.75) is 50.1 Å². The highest BCUT2D eigenvalue weighted by atomic mass is 32.2. The smallest absolute Gasteiger partial charge is 0.251 e. The van der Waals surface area contributed by atoms with Crippen LogP contribution >= 0.6 is 11.3 Å². The van der Waals surface area contributed by atoms with Gasteiger partial charge in [-0.3, -0.25) is 4.79 Å². The van der Waals surface area contributed by atoms with Crippen molar-refractivity contribution in [3.63, 3.8) is 0 Å². The predicted molar refractivity (Wildman–Crippen MR) is 104 cm³/mol. The molecular formula is C19H24N2O3S2. The molecule has 2 atom stereocenters. The van der Waals surface area contributed by atoms with Gasteiger partial charge < -0.3 is 5.32 Å². The Morgan fingerprint density at radius 2 is 2.08 bits per heavy atom. The van der Waals surface area contributed by atoms with Crippen molar-refractivity contribution in [2.75, 3.05) is 6.54 Å². The third-order valence-corrected chi connectivity index (χ3v) is 7.83. The number of sulfonamides is 1. The molecule has 2 unspecified atom stereocenters. The molecule has 0 spiro atoms. The van der Waals surface area contributed by atoms with Crippen molar-refractivity contribution in [3.05, 3.63) is 52.2 Å². The van der Waals surface area contributed by atoms with Crippen molar-refractivity contribution in [1.82, 2.24) is 9.62 Å². The second-order valence-electron chi connectivity index (χ2n) is 6.70. The van der Waals surface area contributed by atoms with Gasteiger partial charge in [0.1, 0.15) is 0 Å². The average molecular weight is 393 g/mol. The molecule has 0 saturated carbocycles. The summed E-state index contributed by atoms with van der Waals surface area (Å²) in [6.07, 6.45) is 2.80. The van der Waals surface area contributed by atoms with E-state index in [4.69, 9.17) is 0 Å². The van der Waals surface area contributed by atoms with E-state index in [9.17, 15) is 13.2 Å². The number of carbonyl (C=O) groups is 1. The largest absolute Gasteiger partial charge is 0.345 e. The fourth-order valence-corrected chi connectivity index (χ4v) is 5.73. The van der Waals surface area contributed by atoms with Crippen LogP contribution in [0.1, 0.15) is 54.4 Å². The fraction of sp³-hybridized carbons (Fsp3) is 0.421. The van der Waals surface area contributed by atoms with E-state index in [0.29, 0.717) is 12.1 Å². The minimum Gasteiger partial charge on any atom is -0.345 e. The van der Waals surface area contributed by atoms with Crippen LogP contribution in [-0.4, -0.2) is 31.2 Å². The van der Waals surface area contributed by atoms with Crippen molar-refractivity contribution in [3.8, 4) is 0 Å². The molecule has 3 rings (SSSR count). The standard InChI is InChI=1S/C19H24N2O3S2/c1-14-7-3-4-11-21(14)26(23,24)17-9-5-8-16(13-17)19(22)20-15(2)18-10-6-12-25-18/h5-6,8-10,12-15H,3-4,7,11H2,1-2H3,(H,20,22). The molecule has 1 aliphatic rings. The Morgan fingerprint density at radius 3 is 2.77 bits per heavy atom. The van der Waals surface area contributed by atoms with Gasteiger partial charge in [0, 0.05) is 23.0 Å². The van der Waals surface area contributed by atoms with E-state index in [2.05, 4.69) is 5.32 Å². The lowest BCUT2D eigenvalue weighted by Gasteiger charge is -2.32. The van der Waals surface area contributed by atoms with Gasteiger partial charge >= 0.3 is 0 Å². The fourth-order valence-electron chi connectivity index (χ4n) is 3.25. The van der Waals surface area contributed by atoms with E-state index in [-0.39, 0.29) is 22.9 Å². The zero-order valence-electron chi connectivity index (χ0n) is 15.0. The molecule has 1 aromatic carbocycles. The first-order valence-corrected chi connectivity index (χ1v) is 11.2. The topological polar surface area (TPSA) is 66.5 Å². The molecule has 0 aliphatic carbocycles. The monoisotopic (exact) mass is 392 g/mol. The number of hydrogen-bond acceptors (Lipinski definition) is 4. The summed E-state index contributed by atoms with van der Waals surface area (Å²) >= 11 is 1.58. The van der Waals surface area contributed by atoms with Crippen LogP contribution < -0.4 is 5.32 Å². The van der Waals surface area contributed by atoms with Crippen LogP contribution in [-0.2, 0) is 10.0 Å². The Kier molecular flexibility index (Phi) is 5.79. The summed E-state index contributed by atoms with van der Waals surface area (Å²) in [4.78, 5) is 13.8. The van der Waals surface area contributed by atoms with Crippen LogP contribution in [0.15, 0.2) is 46.7 Å². The summed E-state index contributed by atoms with van der Waals surface area (Å²) in [6, 6.07) is 10.1. The van der Waals surface area contributed by atoms with Gasteiger partial charge in [-0.15, -0.1) is 11.3 Å². The lowest BCUT2D eigenvalue weighted by molar-refractivity contribution is 0.0940. The SMILES string of the molecule is CC(NC(=O)c1cccc(S(=O)(=O)N2CCCCC2C)c1)c1cccs1. The number of hydrogen-bond donors (Lipinski definition) is 1. The number of piperidine rings is 1. The summed E-state index contributed by atoms with van der Waals surface area (Å²) in [6.45, 7) is 4.39. The third kappa shape index (κ3) is 4.00. The molecule has 2 heterocycles. The molecule has 0 radical (unpaired) electrons. The summed E-state index contributed by atoms with van der Waals surface area (Å²) < 4.78 is 27.5. The summed E-state index contributed by atoms with van der Waals surface area (Å²) in [5, 5.41) is 4.89. The molecule has 140 valence electrons. The molecule has 26 heavy (non-hydrogen) atoms. The van der Waals surface area contributed by atoms with Crippen molar-refractivity contribution in [1.29, 1.82) is 0 Å². The van der Waals surface area contributed by atoms with Gasteiger partial charge in [0.05, 0.1) is 10.9 Å². The molecule has 5 nitrogen and oxygen atoms in total. The molecule has 1 fully saturated rings. The van der Waals surface area contributed by atoms with E-state index in [0.717, 1.165) is 24.1 Å². The maximum atomic E-state index is 13.0. The molecule has 1 saturated heterocycles. The maximum Gasteiger partial charge on any atom is 0.251 e. The number of nitrogens with one attached hydrogen (secondary N) is 1. The van der Waals surface area contributed by atoms with Crippen LogP contribution in [0.3, 0.4) is 0 Å². The molecule has 1 N–H and O–H groups in total. The van der Waals surface area contributed by atoms with E-state index in [1.807, 2.05) is 31.4 Å². The third-order valence-electron chi connectivity index (χ3n) is 4.76. The first kappa shape index (κ1) is 19.1. The van der Waals surface area contributed by atoms with E-state index in [1.165, 1.54) is 6.07 Å². The van der Waals surface area contributed by atoms with Crippen molar-refractivity contribution in [2.24, 2.45) is 0 Å². The van der Waals surface area contributed by atoms with Gasteiger partial charge in [-0.25, -0.2) is 8.42 Å². The molecule has 1 aliphatic heterocycles. The minimum absolute atomic E-state index is 0.00918. The van der Waals surface area contributed by atoms with E-state index < -0.39 is 10.0 Å². The van der Waals surface area contributed by atoms with E-state index in [1.54, 1.807) is 33.8 Å². The number of rotatable bonds is 5. The van der Waals surface area contributed by atoms with Gasteiger partial charge in [-0.05, 0) is 56.3 Å². The van der Waals surface area contributed by atoms with Gasteiger partial charge in [0.2, 0.25) is 10.0 Å². The van der Waals surface area contributed by atoms with Gasteiger partial charge in [0.25, 0.3) is 5.91 Å². The number of carbonyl (C=O) groups excluding carboxylic acids is 1. The van der Waals surface area contributed by atoms with Gasteiger partial charge in [-0.2, -0.15) is 4.31 Å². The number of benzene rings is 1. The molecular weight excluding hydrogens is 368 g/mol. The first-order chi connectivity index (χ1) is 12.4. The van der Waals surface area contributed by atoms with Crippen LogP contribution in [0.4, 0.5) is 0 Å². The predicted octanol–water partition coefficient (Wildman–Crippen LogP) is 3.80.